The standard InChI is InChI=1S/C10H18N2O4/c1-9(2,8(14)15)12(3)7(13)10(11)4-5-16-6-10/h4-6,11H2,1-3H3,(H,14,15). The van der Waals surface area contributed by atoms with Gasteiger partial charge in [-0.05, 0) is 20.3 Å². The van der Waals surface area contributed by atoms with Crippen LogP contribution in [0.1, 0.15) is 20.3 Å². The minimum Gasteiger partial charge on any atom is -0.480 e. The van der Waals surface area contributed by atoms with Gasteiger partial charge in [-0.25, -0.2) is 4.79 Å². The van der Waals surface area contributed by atoms with Crippen LogP contribution in [0.15, 0.2) is 0 Å². The highest BCUT2D eigenvalue weighted by Gasteiger charge is 2.45. The molecule has 92 valence electrons. The molecule has 0 aromatic carbocycles. The third-order valence-electron chi connectivity index (χ3n) is 3.14. The predicted octanol–water partition coefficient (Wildman–Crippen LogP) is -0.574. The molecule has 0 aromatic rings. The highest BCUT2D eigenvalue weighted by atomic mass is 16.5. The normalized spacial score (nSPS) is 25.5. The fraction of sp³-hybridized carbons (Fsp3) is 0.800. The van der Waals surface area contributed by atoms with Crippen molar-refractivity contribution in [3.63, 3.8) is 0 Å². The molecular weight excluding hydrogens is 212 g/mol. The number of nitrogens with zero attached hydrogens (tertiary/aromatic N) is 1. The van der Waals surface area contributed by atoms with Crippen molar-refractivity contribution in [1.29, 1.82) is 0 Å². The Morgan fingerprint density at radius 3 is 2.44 bits per heavy atom. The Morgan fingerprint density at radius 1 is 1.50 bits per heavy atom. The minimum atomic E-state index is -1.27. The summed E-state index contributed by atoms with van der Waals surface area (Å²) in [6.07, 6.45) is 0.422. The van der Waals surface area contributed by atoms with Crippen LogP contribution < -0.4 is 5.73 Å². The van der Waals surface area contributed by atoms with Crippen molar-refractivity contribution in [2.24, 2.45) is 5.73 Å². The molecule has 0 aliphatic carbocycles. The first-order chi connectivity index (χ1) is 7.22. The van der Waals surface area contributed by atoms with Gasteiger partial charge in [0.05, 0.1) is 6.61 Å². The molecule has 1 heterocycles. The Hall–Kier alpha value is -1.14. The molecule has 0 bridgehead atoms. The van der Waals surface area contributed by atoms with Crippen LogP contribution in [0, 0.1) is 0 Å². The molecule has 0 saturated carbocycles. The Balaban J connectivity index is 2.85. The summed E-state index contributed by atoms with van der Waals surface area (Å²) >= 11 is 0. The number of nitrogens with two attached hydrogens (primary N) is 1. The Kier molecular flexibility index (Phi) is 3.25. The van der Waals surface area contributed by atoms with Crippen molar-refractivity contribution < 1.29 is 19.4 Å². The molecule has 0 aromatic heterocycles. The van der Waals surface area contributed by atoms with Crippen molar-refractivity contribution in [1.82, 2.24) is 4.90 Å². The van der Waals surface area contributed by atoms with E-state index < -0.39 is 23.0 Å². The highest BCUT2D eigenvalue weighted by molar-refractivity contribution is 5.91. The zero-order valence-electron chi connectivity index (χ0n) is 9.82. The minimum absolute atomic E-state index is 0.145. The lowest BCUT2D eigenvalue weighted by Crippen LogP contribution is -2.61. The Bertz CT molecular complexity index is 308. The van der Waals surface area contributed by atoms with Gasteiger partial charge in [0.25, 0.3) is 0 Å². The van der Waals surface area contributed by atoms with Gasteiger partial charge in [0.15, 0.2) is 0 Å². The monoisotopic (exact) mass is 230 g/mol. The van der Waals surface area contributed by atoms with Gasteiger partial charge in [-0.15, -0.1) is 0 Å². The summed E-state index contributed by atoms with van der Waals surface area (Å²) in [7, 11) is 1.45. The van der Waals surface area contributed by atoms with Gasteiger partial charge in [0, 0.05) is 13.7 Å². The summed E-state index contributed by atoms with van der Waals surface area (Å²) < 4.78 is 5.08. The number of carbonyl (C=O) groups excluding carboxylic acids is 1. The second-order valence-corrected chi connectivity index (χ2v) is 4.69. The van der Waals surface area contributed by atoms with Crippen molar-refractivity contribution >= 4 is 11.9 Å². The van der Waals surface area contributed by atoms with Crippen molar-refractivity contribution in [3.8, 4) is 0 Å². The number of hydrogen-bond donors (Lipinski definition) is 2. The average molecular weight is 230 g/mol. The highest BCUT2D eigenvalue weighted by Crippen LogP contribution is 2.22. The second-order valence-electron chi connectivity index (χ2n) is 4.69. The van der Waals surface area contributed by atoms with Crippen LogP contribution in [0.3, 0.4) is 0 Å². The molecule has 16 heavy (non-hydrogen) atoms. The van der Waals surface area contributed by atoms with E-state index in [9.17, 15) is 9.59 Å². The van der Waals surface area contributed by atoms with Gasteiger partial charge in [0.1, 0.15) is 11.1 Å². The summed E-state index contributed by atoms with van der Waals surface area (Å²) in [5.41, 5.74) is 3.54. The molecule has 3 N–H and O–H groups in total. The summed E-state index contributed by atoms with van der Waals surface area (Å²) in [4.78, 5) is 24.3. The van der Waals surface area contributed by atoms with Crippen LogP contribution in [-0.2, 0) is 14.3 Å². The van der Waals surface area contributed by atoms with E-state index in [2.05, 4.69) is 0 Å². The lowest BCUT2D eigenvalue weighted by Gasteiger charge is -2.36. The fourth-order valence-electron chi connectivity index (χ4n) is 1.48. The number of aliphatic carboxylic acids is 1. The number of carbonyl (C=O) groups is 2. The number of ether oxygens (including phenoxy) is 1. The average Bonchev–Trinajstić information content (AvgIpc) is 2.63. The fourth-order valence-corrected chi connectivity index (χ4v) is 1.48. The zero-order chi connectivity index (χ0) is 12.6. The number of likely N-dealkylation sites (N-methyl/N-ethyl adjacent to an activating group) is 1. The molecule has 1 fully saturated rings. The van der Waals surface area contributed by atoms with E-state index >= 15 is 0 Å². The Morgan fingerprint density at radius 2 is 2.06 bits per heavy atom. The molecule has 1 unspecified atom stereocenters. The third-order valence-corrected chi connectivity index (χ3v) is 3.14. The van der Waals surface area contributed by atoms with Gasteiger partial charge in [-0.2, -0.15) is 0 Å². The van der Waals surface area contributed by atoms with Crippen molar-refractivity contribution in [2.75, 3.05) is 20.3 Å². The van der Waals surface area contributed by atoms with E-state index in [1.807, 2.05) is 0 Å². The molecule has 1 atom stereocenters. The van der Waals surface area contributed by atoms with Crippen LogP contribution in [-0.4, -0.2) is 53.2 Å². The summed E-state index contributed by atoms with van der Waals surface area (Å²) in [6, 6.07) is 0. The molecule has 6 nitrogen and oxygen atoms in total. The lowest BCUT2D eigenvalue weighted by molar-refractivity contribution is -0.157. The lowest BCUT2D eigenvalue weighted by atomic mass is 9.94. The number of carboxylic acids is 1. The van der Waals surface area contributed by atoms with Crippen LogP contribution >= 0.6 is 0 Å². The smallest absolute Gasteiger partial charge is 0.329 e. The molecule has 0 radical (unpaired) electrons. The maximum Gasteiger partial charge on any atom is 0.329 e. The van der Waals surface area contributed by atoms with E-state index in [-0.39, 0.29) is 6.61 Å². The maximum atomic E-state index is 12.1. The molecule has 1 aliphatic heterocycles. The largest absolute Gasteiger partial charge is 0.480 e. The van der Waals surface area contributed by atoms with Crippen LogP contribution in [0.25, 0.3) is 0 Å². The van der Waals surface area contributed by atoms with Crippen molar-refractivity contribution in [3.05, 3.63) is 0 Å². The molecule has 1 rings (SSSR count). The number of hydrogen-bond acceptors (Lipinski definition) is 4. The third kappa shape index (κ3) is 2.03. The topological polar surface area (TPSA) is 92.9 Å². The quantitative estimate of drug-likeness (QED) is 0.677. The molecule has 1 aliphatic rings. The van der Waals surface area contributed by atoms with E-state index in [0.717, 1.165) is 0 Å². The number of carboxylic acid groups (broad SMARTS) is 1. The summed E-state index contributed by atoms with van der Waals surface area (Å²) in [5.74, 6) is -1.46. The number of rotatable bonds is 3. The van der Waals surface area contributed by atoms with E-state index in [1.54, 1.807) is 0 Å². The predicted molar refractivity (Wildman–Crippen MR) is 56.8 cm³/mol. The molecule has 6 heteroatoms. The van der Waals surface area contributed by atoms with Crippen molar-refractivity contribution in [2.45, 2.75) is 31.3 Å². The van der Waals surface area contributed by atoms with E-state index in [4.69, 9.17) is 15.6 Å². The van der Waals surface area contributed by atoms with Gasteiger partial charge in [0.2, 0.25) is 5.91 Å². The van der Waals surface area contributed by atoms with Gasteiger partial charge in [-0.3, -0.25) is 4.79 Å². The molecule has 1 saturated heterocycles. The van der Waals surface area contributed by atoms with E-state index in [1.165, 1.54) is 25.8 Å². The first-order valence-electron chi connectivity index (χ1n) is 5.10. The summed E-state index contributed by atoms with van der Waals surface area (Å²) in [6.45, 7) is 3.51. The SMILES string of the molecule is CN(C(=O)C1(N)CCOC1)C(C)(C)C(=O)O. The van der Waals surface area contributed by atoms with Gasteiger partial charge in [-0.1, -0.05) is 0 Å². The van der Waals surface area contributed by atoms with Crippen LogP contribution in [0.2, 0.25) is 0 Å². The van der Waals surface area contributed by atoms with Gasteiger partial charge >= 0.3 is 5.97 Å². The Labute approximate surface area is 94.3 Å². The maximum absolute atomic E-state index is 12.1. The van der Waals surface area contributed by atoms with E-state index in [0.29, 0.717) is 13.0 Å². The zero-order valence-corrected chi connectivity index (χ0v) is 9.82. The van der Waals surface area contributed by atoms with Crippen LogP contribution in [0.4, 0.5) is 0 Å². The first-order valence-corrected chi connectivity index (χ1v) is 5.10. The number of amides is 1. The molecule has 0 spiro atoms. The molecule has 1 amide bonds. The first kappa shape index (κ1) is 12.9. The van der Waals surface area contributed by atoms with Crippen LogP contribution in [0.5, 0.6) is 0 Å². The molecular formula is C10H18N2O4. The second kappa shape index (κ2) is 4.03. The summed E-state index contributed by atoms with van der Waals surface area (Å²) in [5, 5.41) is 9.02. The van der Waals surface area contributed by atoms with Gasteiger partial charge < -0.3 is 20.5 Å².